The lowest BCUT2D eigenvalue weighted by molar-refractivity contribution is -0.122. The highest BCUT2D eigenvalue weighted by molar-refractivity contribution is 5.76. The number of carbonyl (C=O) groups is 1. The van der Waals surface area contributed by atoms with Gasteiger partial charge in [-0.1, -0.05) is 25.0 Å². The third-order valence-electron chi connectivity index (χ3n) is 6.57. The molecule has 0 unspecified atom stereocenters. The van der Waals surface area contributed by atoms with E-state index in [9.17, 15) is 14.0 Å². The number of nitrogens with one attached hydrogen (secondary N) is 1. The van der Waals surface area contributed by atoms with Crippen LogP contribution in [0.4, 0.5) is 4.39 Å². The third kappa shape index (κ3) is 4.78. The molecule has 4 rings (SSSR count). The lowest BCUT2D eigenvalue weighted by atomic mass is 9.78. The summed E-state index contributed by atoms with van der Waals surface area (Å²) in [4.78, 5) is 30.1. The van der Waals surface area contributed by atoms with Gasteiger partial charge in [0.15, 0.2) is 0 Å². The summed E-state index contributed by atoms with van der Waals surface area (Å²) >= 11 is 0. The highest BCUT2D eigenvalue weighted by Crippen LogP contribution is 2.42. The minimum Gasteiger partial charge on any atom is -0.352 e. The molecule has 30 heavy (non-hydrogen) atoms. The largest absolute Gasteiger partial charge is 0.352 e. The molecule has 1 aromatic heterocycles. The number of aromatic nitrogens is 2. The Morgan fingerprint density at radius 3 is 2.67 bits per heavy atom. The first-order chi connectivity index (χ1) is 14.5. The number of piperidine rings is 1. The van der Waals surface area contributed by atoms with E-state index < -0.39 is 5.69 Å². The Hall–Kier alpha value is -2.54. The molecule has 1 N–H and O–H groups in total. The molecular weight excluding hydrogens is 383 g/mol. The van der Waals surface area contributed by atoms with Gasteiger partial charge in [0, 0.05) is 43.5 Å². The topological polar surface area (TPSA) is 67.2 Å². The summed E-state index contributed by atoms with van der Waals surface area (Å²) in [7, 11) is 0. The summed E-state index contributed by atoms with van der Waals surface area (Å²) in [5, 5.41) is 3.05. The number of hydrogen-bond acceptors (Lipinski definition) is 4. The first-order valence-electron chi connectivity index (χ1n) is 10.8. The van der Waals surface area contributed by atoms with Crippen LogP contribution in [0.15, 0.2) is 47.5 Å². The molecular formula is C23H29FN4O2. The first-order valence-corrected chi connectivity index (χ1v) is 10.8. The SMILES string of the molecule is O=C(Cn1cccnc1=O)NC1CCN(CC2(c3cccc(F)c3)CCCC2)CC1. The molecule has 2 aromatic rings. The number of rotatable bonds is 6. The molecule has 0 radical (unpaired) electrons. The van der Waals surface area contributed by atoms with Crippen molar-refractivity contribution in [3.8, 4) is 0 Å². The Balaban J connectivity index is 1.31. The summed E-state index contributed by atoms with van der Waals surface area (Å²) in [6.45, 7) is 2.77. The van der Waals surface area contributed by atoms with Crippen LogP contribution in [0, 0.1) is 5.82 Å². The summed E-state index contributed by atoms with van der Waals surface area (Å²) < 4.78 is 15.2. The van der Waals surface area contributed by atoms with E-state index >= 15 is 0 Å². The number of benzene rings is 1. The summed E-state index contributed by atoms with van der Waals surface area (Å²) in [6, 6.07) is 8.88. The number of carbonyl (C=O) groups excluding carboxylic acids is 1. The second-order valence-corrected chi connectivity index (χ2v) is 8.65. The minimum absolute atomic E-state index is 0.00439. The van der Waals surface area contributed by atoms with Gasteiger partial charge in [-0.25, -0.2) is 14.2 Å². The molecule has 1 aliphatic heterocycles. The minimum atomic E-state index is -0.415. The average Bonchev–Trinajstić information content (AvgIpc) is 3.21. The van der Waals surface area contributed by atoms with Crippen LogP contribution in [0.25, 0.3) is 0 Å². The second kappa shape index (κ2) is 9.08. The fourth-order valence-corrected chi connectivity index (χ4v) is 5.01. The zero-order valence-corrected chi connectivity index (χ0v) is 17.2. The van der Waals surface area contributed by atoms with Crippen LogP contribution >= 0.6 is 0 Å². The van der Waals surface area contributed by atoms with Crippen LogP contribution in [0.5, 0.6) is 0 Å². The molecule has 1 aromatic carbocycles. The molecule has 1 aliphatic carbocycles. The zero-order valence-electron chi connectivity index (χ0n) is 17.2. The van der Waals surface area contributed by atoms with Crippen LogP contribution in [0.3, 0.4) is 0 Å². The number of likely N-dealkylation sites (tertiary alicyclic amines) is 1. The summed E-state index contributed by atoms with van der Waals surface area (Å²) in [6.07, 6.45) is 9.35. The van der Waals surface area contributed by atoms with Gasteiger partial charge in [0.1, 0.15) is 12.4 Å². The number of amides is 1. The molecule has 0 spiro atoms. The van der Waals surface area contributed by atoms with Crippen LogP contribution in [0.2, 0.25) is 0 Å². The molecule has 0 atom stereocenters. The van der Waals surface area contributed by atoms with Crippen molar-refractivity contribution in [2.45, 2.75) is 56.5 Å². The highest BCUT2D eigenvalue weighted by Gasteiger charge is 2.38. The van der Waals surface area contributed by atoms with Crippen molar-refractivity contribution in [1.82, 2.24) is 19.8 Å². The van der Waals surface area contributed by atoms with Crippen molar-refractivity contribution in [2.75, 3.05) is 19.6 Å². The fourth-order valence-electron chi connectivity index (χ4n) is 5.01. The molecule has 1 amide bonds. The normalized spacial score (nSPS) is 19.6. The maximum Gasteiger partial charge on any atom is 0.347 e. The number of halogens is 1. The predicted octanol–water partition coefficient (Wildman–Crippen LogP) is 2.48. The van der Waals surface area contributed by atoms with Crippen molar-refractivity contribution >= 4 is 5.91 Å². The molecule has 160 valence electrons. The van der Waals surface area contributed by atoms with Crippen LogP contribution in [-0.4, -0.2) is 46.0 Å². The lowest BCUT2D eigenvalue weighted by Crippen LogP contribution is -2.49. The second-order valence-electron chi connectivity index (χ2n) is 8.65. The van der Waals surface area contributed by atoms with Crippen molar-refractivity contribution in [3.63, 3.8) is 0 Å². The van der Waals surface area contributed by atoms with Gasteiger partial charge in [-0.05, 0) is 49.4 Å². The Kier molecular flexibility index (Phi) is 6.27. The van der Waals surface area contributed by atoms with Gasteiger partial charge in [0.25, 0.3) is 0 Å². The van der Waals surface area contributed by atoms with Crippen LogP contribution in [-0.2, 0) is 16.8 Å². The van der Waals surface area contributed by atoms with E-state index in [1.165, 1.54) is 29.7 Å². The maximum atomic E-state index is 13.8. The molecule has 6 nitrogen and oxygen atoms in total. The smallest absolute Gasteiger partial charge is 0.347 e. The maximum absolute atomic E-state index is 13.8. The Morgan fingerprint density at radius 1 is 1.20 bits per heavy atom. The zero-order chi connectivity index (χ0) is 21.0. The quantitative estimate of drug-likeness (QED) is 0.792. The molecule has 2 heterocycles. The van der Waals surface area contributed by atoms with Crippen molar-refractivity contribution < 1.29 is 9.18 Å². The Labute approximate surface area is 176 Å². The van der Waals surface area contributed by atoms with E-state index in [1.807, 2.05) is 6.07 Å². The summed E-state index contributed by atoms with van der Waals surface area (Å²) in [5.41, 5.74) is 0.749. The van der Waals surface area contributed by atoms with Gasteiger partial charge >= 0.3 is 5.69 Å². The van der Waals surface area contributed by atoms with E-state index in [0.29, 0.717) is 0 Å². The van der Waals surface area contributed by atoms with Crippen LogP contribution in [0.1, 0.15) is 44.1 Å². The van der Waals surface area contributed by atoms with Gasteiger partial charge in [0.05, 0.1) is 0 Å². The molecule has 0 bridgehead atoms. The van der Waals surface area contributed by atoms with Gasteiger partial charge in [-0.15, -0.1) is 0 Å². The van der Waals surface area contributed by atoms with E-state index in [2.05, 4.69) is 21.3 Å². The first kappa shape index (κ1) is 20.7. The van der Waals surface area contributed by atoms with E-state index in [4.69, 9.17) is 0 Å². The number of hydrogen-bond donors (Lipinski definition) is 1. The van der Waals surface area contributed by atoms with E-state index in [0.717, 1.165) is 50.9 Å². The highest BCUT2D eigenvalue weighted by atomic mass is 19.1. The average molecular weight is 413 g/mol. The van der Waals surface area contributed by atoms with Gasteiger partial charge in [0.2, 0.25) is 5.91 Å². The third-order valence-corrected chi connectivity index (χ3v) is 6.57. The predicted molar refractivity (Wildman–Crippen MR) is 113 cm³/mol. The monoisotopic (exact) mass is 412 g/mol. The van der Waals surface area contributed by atoms with E-state index in [1.54, 1.807) is 18.3 Å². The van der Waals surface area contributed by atoms with Crippen molar-refractivity contribution in [1.29, 1.82) is 0 Å². The number of nitrogens with zero attached hydrogens (tertiary/aromatic N) is 3. The van der Waals surface area contributed by atoms with Crippen molar-refractivity contribution in [2.24, 2.45) is 0 Å². The van der Waals surface area contributed by atoms with Gasteiger partial charge in [-0.2, -0.15) is 0 Å². The summed E-state index contributed by atoms with van der Waals surface area (Å²) in [5.74, 6) is -0.316. The Bertz CT molecular complexity index is 931. The van der Waals surface area contributed by atoms with E-state index in [-0.39, 0.29) is 29.7 Å². The Morgan fingerprint density at radius 2 is 1.97 bits per heavy atom. The molecule has 2 fully saturated rings. The fraction of sp³-hybridized carbons (Fsp3) is 0.522. The lowest BCUT2D eigenvalue weighted by Gasteiger charge is -2.39. The van der Waals surface area contributed by atoms with Crippen molar-refractivity contribution in [3.05, 3.63) is 64.6 Å². The van der Waals surface area contributed by atoms with Crippen LogP contribution < -0.4 is 11.0 Å². The van der Waals surface area contributed by atoms with Gasteiger partial charge < -0.3 is 10.2 Å². The standard InChI is InChI=1S/C23H29FN4O2/c24-19-6-3-5-18(15-19)23(9-1-2-10-23)17-27-13-7-20(8-14-27)26-21(29)16-28-12-4-11-25-22(28)30/h3-6,11-12,15,20H,1-2,7-10,13-14,16-17H2,(H,26,29). The van der Waals surface area contributed by atoms with Gasteiger partial charge in [-0.3, -0.25) is 9.36 Å². The molecule has 7 heteroatoms. The molecule has 1 saturated carbocycles. The molecule has 1 saturated heterocycles. The molecule has 2 aliphatic rings.